The lowest BCUT2D eigenvalue weighted by Gasteiger charge is -2.57. The van der Waals surface area contributed by atoms with Gasteiger partial charge in [-0.25, -0.2) is 15.0 Å². The van der Waals surface area contributed by atoms with Crippen molar-refractivity contribution in [2.75, 3.05) is 0 Å². The molecular formula is C44H32N4S2. The van der Waals surface area contributed by atoms with E-state index in [4.69, 9.17) is 15.0 Å². The maximum Gasteiger partial charge on any atom is 0.164 e. The zero-order chi connectivity index (χ0) is 33.0. The van der Waals surface area contributed by atoms with Gasteiger partial charge in [0.2, 0.25) is 0 Å². The normalized spacial score (nSPS) is 22.6. The Kier molecular flexibility index (Phi) is 6.21. The zero-order valence-corrected chi connectivity index (χ0v) is 29.0. The van der Waals surface area contributed by atoms with Gasteiger partial charge in [0.15, 0.2) is 17.5 Å². The summed E-state index contributed by atoms with van der Waals surface area (Å²) in [4.78, 5) is 15.5. The summed E-state index contributed by atoms with van der Waals surface area (Å²) in [5.41, 5.74) is 5.52. The summed E-state index contributed by atoms with van der Waals surface area (Å²) in [6.07, 6.45) is 8.43. The topological polar surface area (TPSA) is 62.5 Å². The largest absolute Gasteiger partial charge is 0.208 e. The van der Waals surface area contributed by atoms with Gasteiger partial charge >= 0.3 is 0 Å². The van der Waals surface area contributed by atoms with Crippen LogP contribution in [0.5, 0.6) is 0 Å². The van der Waals surface area contributed by atoms with Crippen molar-refractivity contribution in [3.8, 4) is 40.2 Å². The van der Waals surface area contributed by atoms with Crippen LogP contribution in [-0.4, -0.2) is 15.0 Å². The van der Waals surface area contributed by atoms with E-state index in [1.807, 2.05) is 23.5 Å². The number of aromatic nitrogens is 3. The highest BCUT2D eigenvalue weighted by atomic mass is 32.1. The van der Waals surface area contributed by atoms with Crippen LogP contribution < -0.4 is 0 Å². The second-order valence-electron chi connectivity index (χ2n) is 15.0. The van der Waals surface area contributed by atoms with E-state index >= 15 is 0 Å². The molecular weight excluding hydrogens is 649 g/mol. The Morgan fingerprint density at radius 1 is 0.520 bits per heavy atom. The Morgan fingerprint density at radius 3 is 1.78 bits per heavy atom. The minimum absolute atomic E-state index is 0.356. The van der Waals surface area contributed by atoms with Crippen LogP contribution >= 0.6 is 22.7 Å². The quantitative estimate of drug-likeness (QED) is 0.186. The van der Waals surface area contributed by atoms with Gasteiger partial charge in [-0.3, -0.25) is 0 Å². The van der Waals surface area contributed by atoms with Crippen molar-refractivity contribution in [2.24, 2.45) is 17.8 Å². The maximum atomic E-state index is 9.47. The maximum absolute atomic E-state index is 9.47. The number of fused-ring (bicyclic) bond motifs is 6. The molecule has 0 aliphatic heterocycles. The van der Waals surface area contributed by atoms with E-state index in [0.29, 0.717) is 28.5 Å². The lowest BCUT2D eigenvalue weighted by atomic mass is 9.48. The first-order valence-electron chi connectivity index (χ1n) is 17.7. The second kappa shape index (κ2) is 10.8. The van der Waals surface area contributed by atoms with Crippen molar-refractivity contribution in [1.29, 1.82) is 5.26 Å². The third kappa shape index (κ3) is 4.50. The Balaban J connectivity index is 1.05. The van der Waals surface area contributed by atoms with Gasteiger partial charge in [-0.05, 0) is 110 Å². The van der Waals surface area contributed by atoms with E-state index in [0.717, 1.165) is 43.8 Å². The van der Waals surface area contributed by atoms with Gasteiger partial charge < -0.3 is 0 Å². The number of nitriles is 1. The molecule has 0 amide bonds. The number of nitrogens with zero attached hydrogens (tertiary/aromatic N) is 4. The molecule has 240 valence electrons. The Labute approximate surface area is 298 Å². The van der Waals surface area contributed by atoms with E-state index in [9.17, 15) is 5.26 Å². The molecule has 5 aromatic carbocycles. The van der Waals surface area contributed by atoms with E-state index in [-0.39, 0.29) is 0 Å². The van der Waals surface area contributed by atoms with Crippen LogP contribution in [0, 0.1) is 29.1 Å². The van der Waals surface area contributed by atoms with Crippen LogP contribution in [0.4, 0.5) is 0 Å². The summed E-state index contributed by atoms with van der Waals surface area (Å²) in [5.74, 6) is 4.80. The fraction of sp³-hybridized carbons (Fsp3) is 0.227. The van der Waals surface area contributed by atoms with Crippen LogP contribution in [0.3, 0.4) is 0 Å². The number of rotatable bonds is 4. The van der Waals surface area contributed by atoms with Gasteiger partial charge in [-0.15, -0.1) is 22.7 Å². The Hall–Kier alpha value is -4.96. The van der Waals surface area contributed by atoms with Crippen molar-refractivity contribution < 1.29 is 0 Å². The third-order valence-corrected chi connectivity index (χ3v) is 14.2. The summed E-state index contributed by atoms with van der Waals surface area (Å²) in [5, 5.41) is 14.3. The molecule has 3 heterocycles. The Bertz CT molecular complexity index is 2680. The molecule has 6 heteroatoms. The van der Waals surface area contributed by atoms with Crippen molar-refractivity contribution in [1.82, 2.24) is 15.0 Å². The molecule has 0 unspecified atom stereocenters. The molecule has 0 radical (unpaired) electrons. The van der Waals surface area contributed by atoms with Gasteiger partial charge in [-0.2, -0.15) is 5.26 Å². The molecule has 0 saturated heterocycles. The molecule has 4 bridgehead atoms. The van der Waals surface area contributed by atoms with Gasteiger partial charge in [-0.1, -0.05) is 60.7 Å². The molecule has 12 rings (SSSR count). The lowest BCUT2D eigenvalue weighted by molar-refractivity contribution is -0.00518. The van der Waals surface area contributed by atoms with Crippen molar-refractivity contribution in [3.63, 3.8) is 0 Å². The van der Waals surface area contributed by atoms with E-state index in [2.05, 4.69) is 97.1 Å². The predicted molar refractivity (Wildman–Crippen MR) is 206 cm³/mol. The molecule has 8 aromatic rings. The summed E-state index contributed by atoms with van der Waals surface area (Å²) < 4.78 is 4.82. The summed E-state index contributed by atoms with van der Waals surface area (Å²) in [6.45, 7) is 0. The standard InChI is InChI=1S/C44H32N4S2/c45-24-25-5-12-34-35-13-8-31(20-40(35)50-39(34)18-25)43-47-41(29-6-10-32(11-7-29)44-21-26-15-27(22-44)17-28(16-26)23-44)46-42(48-43)30-9-14-38-36(19-30)33-3-1-2-4-37(33)49-38/h1-14,18-20,26-28H,15-17,21-23H2. The molecule has 50 heavy (non-hydrogen) atoms. The Morgan fingerprint density at radius 2 is 1.06 bits per heavy atom. The molecule has 0 spiro atoms. The summed E-state index contributed by atoms with van der Waals surface area (Å²) >= 11 is 3.53. The number of hydrogen-bond acceptors (Lipinski definition) is 6. The van der Waals surface area contributed by atoms with Crippen molar-refractivity contribution in [3.05, 3.63) is 114 Å². The average Bonchev–Trinajstić information content (AvgIpc) is 3.71. The highest BCUT2D eigenvalue weighted by Crippen LogP contribution is 2.60. The van der Waals surface area contributed by atoms with Crippen molar-refractivity contribution >= 4 is 63.0 Å². The number of thiophene rings is 2. The molecule has 4 nitrogen and oxygen atoms in total. The van der Waals surface area contributed by atoms with E-state index in [1.54, 1.807) is 11.3 Å². The van der Waals surface area contributed by atoms with Gasteiger partial charge in [0, 0.05) is 57.0 Å². The summed E-state index contributed by atoms with van der Waals surface area (Å²) in [7, 11) is 0. The van der Waals surface area contributed by atoms with Crippen LogP contribution in [-0.2, 0) is 5.41 Å². The minimum atomic E-state index is 0.356. The molecule has 3 aromatic heterocycles. The second-order valence-corrected chi connectivity index (χ2v) is 17.2. The fourth-order valence-electron chi connectivity index (χ4n) is 10.1. The first-order chi connectivity index (χ1) is 24.6. The fourth-order valence-corrected chi connectivity index (χ4v) is 12.3. The monoisotopic (exact) mass is 680 g/mol. The van der Waals surface area contributed by atoms with Gasteiger partial charge in [0.25, 0.3) is 0 Å². The predicted octanol–water partition coefficient (Wildman–Crippen LogP) is 11.9. The number of benzene rings is 5. The highest BCUT2D eigenvalue weighted by Gasteiger charge is 2.51. The molecule has 0 atom stereocenters. The van der Waals surface area contributed by atoms with Gasteiger partial charge in [0.1, 0.15) is 0 Å². The van der Waals surface area contributed by atoms with Crippen LogP contribution in [0.2, 0.25) is 0 Å². The van der Waals surface area contributed by atoms with Gasteiger partial charge in [0.05, 0.1) is 11.6 Å². The smallest absolute Gasteiger partial charge is 0.164 e. The molecule has 0 N–H and O–H groups in total. The summed E-state index contributed by atoms with van der Waals surface area (Å²) in [6, 6.07) is 39.2. The third-order valence-electron chi connectivity index (χ3n) is 11.9. The number of hydrogen-bond donors (Lipinski definition) is 0. The van der Waals surface area contributed by atoms with E-state index < -0.39 is 0 Å². The molecule has 4 saturated carbocycles. The highest BCUT2D eigenvalue weighted by molar-refractivity contribution is 7.26. The first kappa shape index (κ1) is 28.8. The SMILES string of the molecule is N#Cc1ccc2c(c1)sc1cc(-c3nc(-c4ccc(C56CC7CC(CC(C7)C5)C6)cc4)nc(-c4ccc5sc6ccccc6c5c4)n3)ccc12. The van der Waals surface area contributed by atoms with Crippen LogP contribution in [0.25, 0.3) is 74.5 Å². The van der Waals surface area contributed by atoms with Crippen molar-refractivity contribution in [2.45, 2.75) is 43.9 Å². The lowest BCUT2D eigenvalue weighted by Crippen LogP contribution is -2.48. The first-order valence-corrected chi connectivity index (χ1v) is 19.4. The van der Waals surface area contributed by atoms with Crippen LogP contribution in [0.1, 0.15) is 49.7 Å². The van der Waals surface area contributed by atoms with E-state index in [1.165, 1.54) is 75.0 Å². The molecule has 4 fully saturated rings. The molecule has 4 aliphatic rings. The minimum Gasteiger partial charge on any atom is -0.208 e. The zero-order valence-electron chi connectivity index (χ0n) is 27.4. The average molecular weight is 681 g/mol. The van der Waals surface area contributed by atoms with Crippen LogP contribution in [0.15, 0.2) is 103 Å². The molecule has 4 aliphatic carbocycles.